The van der Waals surface area contributed by atoms with Crippen LogP contribution >= 0.6 is 27.3 Å². The Morgan fingerprint density at radius 3 is 2.81 bits per heavy atom. The summed E-state index contributed by atoms with van der Waals surface area (Å²) in [5, 5.41) is 2.95. The molecule has 3 rings (SSSR count). The van der Waals surface area contributed by atoms with E-state index in [9.17, 15) is 4.79 Å². The fourth-order valence-electron chi connectivity index (χ4n) is 2.36. The Morgan fingerprint density at radius 2 is 2.00 bits per heavy atom. The lowest BCUT2D eigenvalue weighted by molar-refractivity contribution is 0.0994. The van der Waals surface area contributed by atoms with Gasteiger partial charge in [-0.3, -0.25) is 4.79 Å². The summed E-state index contributed by atoms with van der Waals surface area (Å²) in [5.74, 6) is 0.871. The van der Waals surface area contributed by atoms with Gasteiger partial charge in [0.2, 0.25) is 0 Å². The summed E-state index contributed by atoms with van der Waals surface area (Å²) in [6, 6.07) is 13.6. The molecule has 0 aliphatic heterocycles. The summed E-state index contributed by atoms with van der Waals surface area (Å²) < 4.78 is 7.45. The second-order valence-electron chi connectivity index (χ2n) is 4.68. The molecular formula is C17H13BrO2S. The van der Waals surface area contributed by atoms with Gasteiger partial charge in [0.05, 0.1) is 7.11 Å². The monoisotopic (exact) mass is 360 g/mol. The Balaban J connectivity index is 1.96. The summed E-state index contributed by atoms with van der Waals surface area (Å²) in [7, 11) is 1.63. The van der Waals surface area contributed by atoms with Crippen molar-refractivity contribution in [3.8, 4) is 5.75 Å². The molecule has 0 aliphatic rings. The molecule has 21 heavy (non-hydrogen) atoms. The summed E-state index contributed by atoms with van der Waals surface area (Å²) in [5.41, 5.74) is 1.70. The van der Waals surface area contributed by atoms with Gasteiger partial charge in [0.1, 0.15) is 5.75 Å². The van der Waals surface area contributed by atoms with Gasteiger partial charge in [-0.15, -0.1) is 11.3 Å². The van der Waals surface area contributed by atoms with Gasteiger partial charge >= 0.3 is 0 Å². The first-order chi connectivity index (χ1) is 10.2. The lowest BCUT2D eigenvalue weighted by atomic mass is 10.0. The van der Waals surface area contributed by atoms with E-state index < -0.39 is 0 Å². The highest BCUT2D eigenvalue weighted by molar-refractivity contribution is 9.10. The molecule has 3 aromatic rings. The number of ether oxygens (including phenoxy) is 1. The Bertz CT molecular complexity index is 807. The Labute approximate surface area is 135 Å². The molecule has 0 amide bonds. The van der Waals surface area contributed by atoms with Crippen molar-refractivity contribution in [1.29, 1.82) is 0 Å². The first-order valence-electron chi connectivity index (χ1n) is 6.51. The fraction of sp³-hybridized carbons (Fsp3) is 0.118. The van der Waals surface area contributed by atoms with Crippen molar-refractivity contribution in [3.05, 3.63) is 63.4 Å². The second-order valence-corrected chi connectivity index (χ2v) is 6.41. The Kier molecular flexibility index (Phi) is 4.08. The van der Waals surface area contributed by atoms with E-state index in [-0.39, 0.29) is 5.78 Å². The summed E-state index contributed by atoms with van der Waals surface area (Å²) in [6.45, 7) is 0. The standard InChI is InChI=1S/C17H13BrO2S/c1-20-16-8-3-2-5-11(16)9-15(19)13-10-21-17-12(13)6-4-7-14(17)18/h2-8,10H,9H2,1H3. The van der Waals surface area contributed by atoms with E-state index in [1.54, 1.807) is 18.4 Å². The number of para-hydroxylation sites is 1. The van der Waals surface area contributed by atoms with Gasteiger partial charge in [0.25, 0.3) is 0 Å². The normalized spacial score (nSPS) is 10.8. The predicted octanol–water partition coefficient (Wildman–Crippen LogP) is 5.10. The lowest BCUT2D eigenvalue weighted by Crippen LogP contribution is -2.04. The molecule has 2 nitrogen and oxygen atoms in total. The predicted molar refractivity (Wildman–Crippen MR) is 90.6 cm³/mol. The molecule has 1 aromatic heterocycles. The quantitative estimate of drug-likeness (QED) is 0.605. The zero-order valence-corrected chi connectivity index (χ0v) is 13.8. The molecule has 0 aliphatic carbocycles. The van der Waals surface area contributed by atoms with Crippen LogP contribution in [0.15, 0.2) is 52.3 Å². The van der Waals surface area contributed by atoms with E-state index in [1.807, 2.05) is 47.8 Å². The molecule has 1 heterocycles. The van der Waals surface area contributed by atoms with Gasteiger partial charge < -0.3 is 4.74 Å². The van der Waals surface area contributed by atoms with Crippen LogP contribution in [-0.4, -0.2) is 12.9 Å². The SMILES string of the molecule is COc1ccccc1CC(=O)c1csc2c(Br)cccc12. The molecule has 0 fully saturated rings. The number of halogens is 1. The molecule has 0 saturated carbocycles. The smallest absolute Gasteiger partial charge is 0.168 e. The molecule has 0 spiro atoms. The molecule has 0 N–H and O–H groups in total. The maximum atomic E-state index is 12.6. The lowest BCUT2D eigenvalue weighted by Gasteiger charge is -2.07. The zero-order chi connectivity index (χ0) is 14.8. The van der Waals surface area contributed by atoms with Crippen LogP contribution in [0.1, 0.15) is 15.9 Å². The van der Waals surface area contributed by atoms with Crippen molar-refractivity contribution in [1.82, 2.24) is 0 Å². The van der Waals surface area contributed by atoms with Crippen LogP contribution in [0.2, 0.25) is 0 Å². The number of rotatable bonds is 4. The number of fused-ring (bicyclic) bond motifs is 1. The van der Waals surface area contributed by atoms with E-state index >= 15 is 0 Å². The third-order valence-electron chi connectivity index (χ3n) is 3.40. The van der Waals surface area contributed by atoms with Crippen molar-refractivity contribution in [2.75, 3.05) is 7.11 Å². The number of Topliss-reactive ketones (excluding diaryl/α,β-unsaturated/α-hetero) is 1. The molecule has 0 radical (unpaired) electrons. The highest BCUT2D eigenvalue weighted by Gasteiger charge is 2.15. The topological polar surface area (TPSA) is 26.3 Å². The molecule has 2 aromatic carbocycles. The summed E-state index contributed by atoms with van der Waals surface area (Å²) in [6.07, 6.45) is 0.350. The van der Waals surface area contributed by atoms with E-state index in [1.165, 1.54) is 0 Å². The van der Waals surface area contributed by atoms with Crippen molar-refractivity contribution in [2.45, 2.75) is 6.42 Å². The molecule has 4 heteroatoms. The molecule has 0 unspecified atom stereocenters. The van der Waals surface area contributed by atoms with Gasteiger partial charge in [-0.05, 0) is 28.1 Å². The van der Waals surface area contributed by atoms with Crippen LogP contribution in [0.5, 0.6) is 5.75 Å². The summed E-state index contributed by atoms with van der Waals surface area (Å²) >= 11 is 5.12. The largest absolute Gasteiger partial charge is 0.496 e. The fourth-order valence-corrected chi connectivity index (χ4v) is 3.98. The van der Waals surface area contributed by atoms with Crippen molar-refractivity contribution >= 4 is 43.1 Å². The number of ketones is 1. The second kappa shape index (κ2) is 6.00. The molecule has 0 atom stereocenters. The minimum absolute atomic E-state index is 0.115. The minimum Gasteiger partial charge on any atom is -0.496 e. The zero-order valence-electron chi connectivity index (χ0n) is 11.4. The highest BCUT2D eigenvalue weighted by Crippen LogP contribution is 2.33. The van der Waals surface area contributed by atoms with Crippen LogP contribution < -0.4 is 4.74 Å². The van der Waals surface area contributed by atoms with Gasteiger partial charge in [-0.2, -0.15) is 0 Å². The van der Waals surface area contributed by atoms with Crippen LogP contribution in [0, 0.1) is 0 Å². The molecular weight excluding hydrogens is 348 g/mol. The summed E-state index contributed by atoms with van der Waals surface area (Å²) in [4.78, 5) is 12.6. The van der Waals surface area contributed by atoms with Gasteiger partial charge in [-0.1, -0.05) is 30.3 Å². The number of methoxy groups -OCH3 is 1. The first-order valence-corrected chi connectivity index (χ1v) is 8.19. The van der Waals surface area contributed by atoms with Crippen LogP contribution in [-0.2, 0) is 6.42 Å². The average Bonchev–Trinajstić information content (AvgIpc) is 2.93. The van der Waals surface area contributed by atoms with Crippen molar-refractivity contribution in [2.24, 2.45) is 0 Å². The van der Waals surface area contributed by atoms with Crippen molar-refractivity contribution < 1.29 is 9.53 Å². The van der Waals surface area contributed by atoms with Crippen molar-refractivity contribution in [3.63, 3.8) is 0 Å². The van der Waals surface area contributed by atoms with E-state index in [4.69, 9.17) is 4.74 Å². The third kappa shape index (κ3) is 2.74. The third-order valence-corrected chi connectivity index (χ3v) is 5.35. The maximum Gasteiger partial charge on any atom is 0.168 e. The first kappa shape index (κ1) is 14.3. The number of carbonyl (C=O) groups excluding carboxylic acids is 1. The number of benzene rings is 2. The van der Waals surface area contributed by atoms with Crippen LogP contribution in [0.4, 0.5) is 0 Å². The Hall–Kier alpha value is -1.65. The average molecular weight is 361 g/mol. The van der Waals surface area contributed by atoms with Crippen LogP contribution in [0.3, 0.4) is 0 Å². The molecule has 0 bridgehead atoms. The Morgan fingerprint density at radius 1 is 1.19 bits per heavy atom. The van der Waals surface area contributed by atoms with Gasteiger partial charge in [0.15, 0.2) is 5.78 Å². The van der Waals surface area contributed by atoms with Crippen LogP contribution in [0.25, 0.3) is 10.1 Å². The maximum absolute atomic E-state index is 12.6. The van der Waals surface area contributed by atoms with Gasteiger partial charge in [0, 0.05) is 37.5 Å². The van der Waals surface area contributed by atoms with Gasteiger partial charge in [-0.25, -0.2) is 0 Å². The number of hydrogen-bond acceptors (Lipinski definition) is 3. The number of thiophene rings is 1. The number of carbonyl (C=O) groups is 1. The molecule has 0 saturated heterocycles. The van der Waals surface area contributed by atoms with E-state index in [0.717, 1.165) is 31.4 Å². The van der Waals surface area contributed by atoms with E-state index in [0.29, 0.717) is 6.42 Å². The minimum atomic E-state index is 0.115. The highest BCUT2D eigenvalue weighted by atomic mass is 79.9. The molecule has 106 valence electrons. The van der Waals surface area contributed by atoms with E-state index in [2.05, 4.69) is 15.9 Å². The number of hydrogen-bond donors (Lipinski definition) is 0.